The molecule has 2 atom stereocenters. The van der Waals surface area contributed by atoms with Crippen molar-refractivity contribution in [3.05, 3.63) is 33.2 Å². The van der Waals surface area contributed by atoms with Gasteiger partial charge in [0.05, 0.1) is 18.3 Å². The van der Waals surface area contributed by atoms with Crippen LogP contribution in [0.2, 0.25) is 0 Å². The Morgan fingerprint density at radius 2 is 2.00 bits per heavy atom. The second-order valence-corrected chi connectivity index (χ2v) is 8.24. The first-order chi connectivity index (χ1) is 11.3. The number of carbonyl (C=O) groups is 1. The molecule has 2 saturated heterocycles. The lowest BCUT2D eigenvalue weighted by molar-refractivity contribution is 0.0761. The summed E-state index contributed by atoms with van der Waals surface area (Å²) in [5, 5.41) is 3.26. The van der Waals surface area contributed by atoms with Crippen LogP contribution in [0.1, 0.15) is 27.5 Å². The Balaban J connectivity index is 1.35. The van der Waals surface area contributed by atoms with Gasteiger partial charge in [-0.3, -0.25) is 14.7 Å². The Bertz CT molecular complexity index is 627. The molecule has 122 valence electrons. The Kier molecular flexibility index (Phi) is 4.41. The molecule has 4 heterocycles. The molecule has 5 nitrogen and oxygen atoms in total. The van der Waals surface area contributed by atoms with Crippen LogP contribution >= 0.6 is 22.7 Å². The second kappa shape index (κ2) is 6.67. The number of aromatic nitrogens is 2. The summed E-state index contributed by atoms with van der Waals surface area (Å²) in [7, 11) is 0. The van der Waals surface area contributed by atoms with E-state index in [0.717, 1.165) is 50.4 Å². The van der Waals surface area contributed by atoms with Gasteiger partial charge in [-0.1, -0.05) is 0 Å². The van der Waals surface area contributed by atoms with E-state index in [9.17, 15) is 4.79 Å². The minimum Gasteiger partial charge on any atom is -0.338 e. The largest absolute Gasteiger partial charge is 0.338 e. The highest BCUT2D eigenvalue weighted by Crippen LogP contribution is 2.33. The zero-order valence-corrected chi connectivity index (χ0v) is 14.6. The maximum absolute atomic E-state index is 12.5. The number of thiazole rings is 2. The van der Waals surface area contributed by atoms with E-state index < -0.39 is 0 Å². The summed E-state index contributed by atoms with van der Waals surface area (Å²) >= 11 is 3.18. The van der Waals surface area contributed by atoms with Gasteiger partial charge < -0.3 is 4.90 Å². The summed E-state index contributed by atoms with van der Waals surface area (Å²) in [6.07, 6.45) is 5.80. The third-order valence-electron chi connectivity index (χ3n) is 4.96. The molecular weight excluding hydrogens is 328 g/mol. The normalized spacial score (nSPS) is 25.3. The van der Waals surface area contributed by atoms with Crippen LogP contribution in [0.25, 0.3) is 0 Å². The maximum atomic E-state index is 12.5. The van der Waals surface area contributed by atoms with E-state index in [0.29, 0.717) is 11.8 Å². The van der Waals surface area contributed by atoms with Crippen LogP contribution in [0.5, 0.6) is 0 Å². The molecule has 0 spiro atoms. The Hall–Kier alpha value is -1.31. The van der Waals surface area contributed by atoms with Crippen molar-refractivity contribution in [1.82, 2.24) is 19.8 Å². The van der Waals surface area contributed by atoms with E-state index in [1.54, 1.807) is 23.0 Å². The quantitative estimate of drug-likeness (QED) is 0.855. The van der Waals surface area contributed by atoms with Crippen LogP contribution in [0, 0.1) is 11.8 Å². The minimum atomic E-state index is 0.159. The van der Waals surface area contributed by atoms with E-state index in [2.05, 4.69) is 14.9 Å². The van der Waals surface area contributed by atoms with Gasteiger partial charge in [0.15, 0.2) is 0 Å². The van der Waals surface area contributed by atoms with Crippen LogP contribution in [0.3, 0.4) is 0 Å². The first-order valence-electron chi connectivity index (χ1n) is 8.08. The zero-order valence-electron chi connectivity index (χ0n) is 12.9. The second-order valence-electron chi connectivity index (χ2n) is 6.38. The molecule has 7 heteroatoms. The van der Waals surface area contributed by atoms with Crippen molar-refractivity contribution in [3.63, 3.8) is 0 Å². The van der Waals surface area contributed by atoms with Crippen molar-refractivity contribution >= 4 is 28.6 Å². The Morgan fingerprint density at radius 3 is 2.61 bits per heavy atom. The monoisotopic (exact) mass is 348 g/mol. The van der Waals surface area contributed by atoms with Gasteiger partial charge in [0.1, 0.15) is 9.88 Å². The molecule has 1 amide bonds. The molecule has 23 heavy (non-hydrogen) atoms. The molecule has 2 aliphatic rings. The molecule has 0 saturated carbocycles. The molecule has 0 bridgehead atoms. The summed E-state index contributed by atoms with van der Waals surface area (Å²) in [6.45, 7) is 5.03. The van der Waals surface area contributed by atoms with E-state index in [4.69, 9.17) is 0 Å². The molecule has 0 unspecified atom stereocenters. The minimum absolute atomic E-state index is 0.159. The molecule has 0 radical (unpaired) electrons. The number of hydrogen-bond acceptors (Lipinski definition) is 6. The van der Waals surface area contributed by atoms with Gasteiger partial charge in [-0.2, -0.15) is 0 Å². The van der Waals surface area contributed by atoms with Crippen molar-refractivity contribution in [2.75, 3.05) is 26.2 Å². The van der Waals surface area contributed by atoms with Crippen LogP contribution in [0.15, 0.2) is 23.3 Å². The van der Waals surface area contributed by atoms with Gasteiger partial charge in [0.2, 0.25) is 0 Å². The van der Waals surface area contributed by atoms with Gasteiger partial charge in [-0.25, -0.2) is 4.98 Å². The number of amides is 1. The lowest BCUT2D eigenvalue weighted by Crippen LogP contribution is -2.32. The number of carbonyl (C=O) groups excluding carboxylic acids is 1. The molecule has 4 rings (SSSR count). The summed E-state index contributed by atoms with van der Waals surface area (Å²) in [4.78, 5) is 26.2. The first-order valence-corrected chi connectivity index (χ1v) is 9.84. The Labute approximate surface area is 144 Å². The van der Waals surface area contributed by atoms with Crippen molar-refractivity contribution in [2.45, 2.75) is 19.4 Å². The van der Waals surface area contributed by atoms with E-state index in [1.807, 2.05) is 16.5 Å². The summed E-state index contributed by atoms with van der Waals surface area (Å²) in [5.74, 6) is 1.59. The van der Waals surface area contributed by atoms with E-state index >= 15 is 0 Å². The SMILES string of the molecule is O=C(c1cncs1)N1CC[C@@H]2CN(Cc3nccs3)C[C@@H]2CC1. The highest BCUT2D eigenvalue weighted by atomic mass is 32.1. The highest BCUT2D eigenvalue weighted by Gasteiger charge is 2.36. The average molecular weight is 348 g/mol. The lowest BCUT2D eigenvalue weighted by atomic mass is 9.92. The van der Waals surface area contributed by atoms with E-state index in [-0.39, 0.29) is 5.91 Å². The summed E-state index contributed by atoms with van der Waals surface area (Å²) < 4.78 is 0. The molecular formula is C16H20N4OS2. The third kappa shape index (κ3) is 3.32. The molecule has 2 aliphatic heterocycles. The van der Waals surface area contributed by atoms with Crippen LogP contribution in [-0.2, 0) is 6.54 Å². The molecule has 2 aromatic heterocycles. The maximum Gasteiger partial charge on any atom is 0.265 e. The summed E-state index contributed by atoms with van der Waals surface area (Å²) in [6, 6.07) is 0. The van der Waals surface area contributed by atoms with Gasteiger partial charge in [0.25, 0.3) is 5.91 Å². The predicted molar refractivity (Wildman–Crippen MR) is 91.6 cm³/mol. The number of hydrogen-bond donors (Lipinski definition) is 0. The fraction of sp³-hybridized carbons (Fsp3) is 0.562. The average Bonchev–Trinajstić information content (AvgIpc) is 3.28. The third-order valence-corrected chi connectivity index (χ3v) is 6.49. The standard InChI is InChI=1S/C16H20N4OS2/c21-16(14-7-17-11-23-14)20-4-1-12-8-19(9-13(12)2-5-20)10-15-18-3-6-22-15/h3,6-7,11-13H,1-2,4-5,8-10H2/t12-,13+. The summed E-state index contributed by atoms with van der Waals surface area (Å²) in [5.41, 5.74) is 1.73. The fourth-order valence-corrected chi connectivity index (χ4v) is 5.02. The van der Waals surface area contributed by atoms with Gasteiger partial charge in [0, 0.05) is 37.8 Å². The first kappa shape index (κ1) is 15.2. The number of nitrogens with zero attached hydrogens (tertiary/aromatic N) is 4. The predicted octanol–water partition coefficient (Wildman–Crippen LogP) is 2.58. The molecule has 2 fully saturated rings. The molecule has 0 N–H and O–H groups in total. The molecule has 2 aromatic rings. The molecule has 0 aliphatic carbocycles. The van der Waals surface area contributed by atoms with Gasteiger partial charge in [-0.15, -0.1) is 22.7 Å². The highest BCUT2D eigenvalue weighted by molar-refractivity contribution is 7.11. The van der Waals surface area contributed by atoms with Crippen molar-refractivity contribution in [1.29, 1.82) is 0 Å². The fourth-order valence-electron chi connectivity index (χ4n) is 3.78. The smallest absolute Gasteiger partial charge is 0.265 e. The van der Waals surface area contributed by atoms with Gasteiger partial charge >= 0.3 is 0 Å². The van der Waals surface area contributed by atoms with Crippen molar-refractivity contribution in [2.24, 2.45) is 11.8 Å². The van der Waals surface area contributed by atoms with E-state index in [1.165, 1.54) is 16.3 Å². The number of rotatable bonds is 3. The van der Waals surface area contributed by atoms with Gasteiger partial charge in [-0.05, 0) is 24.7 Å². The van der Waals surface area contributed by atoms with Crippen LogP contribution < -0.4 is 0 Å². The lowest BCUT2D eigenvalue weighted by Gasteiger charge is -2.21. The zero-order chi connectivity index (χ0) is 15.6. The number of fused-ring (bicyclic) bond motifs is 1. The van der Waals surface area contributed by atoms with Crippen molar-refractivity contribution < 1.29 is 4.79 Å². The Morgan fingerprint density at radius 1 is 1.22 bits per heavy atom. The topological polar surface area (TPSA) is 49.3 Å². The number of likely N-dealkylation sites (tertiary alicyclic amines) is 2. The molecule has 0 aromatic carbocycles. The van der Waals surface area contributed by atoms with Crippen molar-refractivity contribution in [3.8, 4) is 0 Å². The van der Waals surface area contributed by atoms with Crippen LogP contribution in [-0.4, -0.2) is 51.9 Å². The van der Waals surface area contributed by atoms with Crippen LogP contribution in [0.4, 0.5) is 0 Å².